The number of aliphatic hydroxyl groups excluding tert-OH is 1. The smallest absolute Gasteiger partial charge is 0.268 e. The summed E-state index contributed by atoms with van der Waals surface area (Å²) < 4.78 is 0. The van der Waals surface area contributed by atoms with Gasteiger partial charge in [0.05, 0.1) is 12.6 Å². The van der Waals surface area contributed by atoms with Crippen molar-refractivity contribution < 1.29 is 19.9 Å². The van der Waals surface area contributed by atoms with Crippen molar-refractivity contribution in [1.82, 2.24) is 16.1 Å². The van der Waals surface area contributed by atoms with E-state index < -0.39 is 24.0 Å². The van der Waals surface area contributed by atoms with Crippen molar-refractivity contribution in [3.8, 4) is 11.8 Å². The van der Waals surface area contributed by atoms with Gasteiger partial charge in [0, 0.05) is 11.1 Å². The van der Waals surface area contributed by atoms with E-state index in [4.69, 9.17) is 5.21 Å². The van der Waals surface area contributed by atoms with Crippen molar-refractivity contribution in [3.63, 3.8) is 0 Å². The molecule has 0 aromatic heterocycles. The Morgan fingerprint density at radius 3 is 2.41 bits per heavy atom. The molecule has 1 aromatic carbocycles. The summed E-state index contributed by atoms with van der Waals surface area (Å²) in [6.07, 6.45) is -1.15. The van der Waals surface area contributed by atoms with E-state index in [-0.39, 0.29) is 0 Å². The molecule has 0 saturated heterocycles. The van der Waals surface area contributed by atoms with Crippen LogP contribution in [0.1, 0.15) is 22.8 Å². The average molecular weight is 305 g/mol. The van der Waals surface area contributed by atoms with E-state index in [2.05, 4.69) is 22.5 Å². The Hall–Kier alpha value is -2.40. The molecule has 2 atom stereocenters. The van der Waals surface area contributed by atoms with Crippen LogP contribution in [0.25, 0.3) is 0 Å². The second-order valence-corrected chi connectivity index (χ2v) is 4.58. The lowest BCUT2D eigenvalue weighted by Crippen LogP contribution is -2.51. The molecule has 0 radical (unpaired) electrons. The van der Waals surface area contributed by atoms with Gasteiger partial charge in [-0.2, -0.15) is 0 Å². The summed E-state index contributed by atoms with van der Waals surface area (Å²) in [6, 6.07) is 5.25. The Kier molecular flexibility index (Phi) is 7.05. The number of amides is 2. The number of hydrogen-bond acceptors (Lipinski definition) is 5. The van der Waals surface area contributed by atoms with Crippen molar-refractivity contribution in [3.05, 3.63) is 35.4 Å². The first kappa shape index (κ1) is 17.7. The normalized spacial score (nSPS) is 12.5. The molecule has 0 spiro atoms. The first-order valence-electron chi connectivity index (χ1n) is 6.66. The number of hydrogen-bond donors (Lipinski definition) is 5. The maximum Gasteiger partial charge on any atom is 0.268 e. The zero-order valence-electron chi connectivity index (χ0n) is 12.4. The van der Waals surface area contributed by atoms with Gasteiger partial charge in [0.2, 0.25) is 0 Å². The summed E-state index contributed by atoms with van der Waals surface area (Å²) in [5.41, 5.74) is 2.47. The molecule has 7 nitrogen and oxygen atoms in total. The number of benzene rings is 1. The van der Waals surface area contributed by atoms with Gasteiger partial charge in [-0.3, -0.25) is 14.8 Å². The minimum Gasteiger partial charge on any atom is -0.391 e. The van der Waals surface area contributed by atoms with Crippen molar-refractivity contribution in [2.24, 2.45) is 0 Å². The molecule has 5 N–H and O–H groups in total. The summed E-state index contributed by atoms with van der Waals surface area (Å²) in [6.45, 7) is 1.90. The molecule has 0 heterocycles. The van der Waals surface area contributed by atoms with Crippen LogP contribution in [0.5, 0.6) is 0 Å². The Bertz CT molecular complexity index is 573. The Labute approximate surface area is 128 Å². The highest BCUT2D eigenvalue weighted by Crippen LogP contribution is 2.04. The first-order valence-corrected chi connectivity index (χ1v) is 6.66. The molecule has 0 unspecified atom stereocenters. The summed E-state index contributed by atoms with van der Waals surface area (Å²) in [5, 5.41) is 23.3. The SMILES string of the molecule is CNCC#Cc1ccc(C(=O)N[C@H](C(=O)NO)[C@@H](C)O)cc1. The molecule has 0 fully saturated rings. The van der Waals surface area contributed by atoms with Crippen LogP contribution in [0, 0.1) is 11.8 Å². The lowest BCUT2D eigenvalue weighted by molar-refractivity contribution is -0.133. The van der Waals surface area contributed by atoms with Crippen molar-refractivity contribution >= 4 is 11.8 Å². The molecule has 0 aliphatic carbocycles. The van der Waals surface area contributed by atoms with Crippen LogP contribution in [-0.4, -0.2) is 47.9 Å². The van der Waals surface area contributed by atoms with E-state index in [1.54, 1.807) is 31.3 Å². The molecule has 2 amide bonds. The Morgan fingerprint density at radius 1 is 1.27 bits per heavy atom. The predicted molar refractivity (Wildman–Crippen MR) is 80.1 cm³/mol. The van der Waals surface area contributed by atoms with Crippen LogP contribution in [0.3, 0.4) is 0 Å². The minimum absolute atomic E-state index is 0.315. The monoisotopic (exact) mass is 305 g/mol. The van der Waals surface area contributed by atoms with Crippen molar-refractivity contribution in [2.45, 2.75) is 19.1 Å². The van der Waals surface area contributed by atoms with Gasteiger partial charge in [0.15, 0.2) is 0 Å². The van der Waals surface area contributed by atoms with Crippen LogP contribution < -0.4 is 16.1 Å². The van der Waals surface area contributed by atoms with Gasteiger partial charge in [0.25, 0.3) is 11.8 Å². The topological polar surface area (TPSA) is 111 Å². The van der Waals surface area contributed by atoms with Gasteiger partial charge in [-0.25, -0.2) is 5.48 Å². The highest BCUT2D eigenvalue weighted by molar-refractivity contribution is 5.97. The van der Waals surface area contributed by atoms with E-state index in [1.807, 2.05) is 0 Å². The van der Waals surface area contributed by atoms with Gasteiger partial charge in [-0.05, 0) is 38.2 Å². The fourth-order valence-corrected chi connectivity index (χ4v) is 1.64. The maximum absolute atomic E-state index is 12.0. The molecule has 7 heteroatoms. The zero-order chi connectivity index (χ0) is 16.5. The van der Waals surface area contributed by atoms with Gasteiger partial charge >= 0.3 is 0 Å². The quantitative estimate of drug-likeness (QED) is 0.279. The number of carbonyl (C=O) groups excluding carboxylic acids is 2. The number of rotatable bonds is 5. The largest absolute Gasteiger partial charge is 0.391 e. The molecule has 1 rings (SSSR count). The van der Waals surface area contributed by atoms with Gasteiger partial charge < -0.3 is 15.7 Å². The van der Waals surface area contributed by atoms with E-state index in [0.29, 0.717) is 12.1 Å². The van der Waals surface area contributed by atoms with Gasteiger partial charge in [0.1, 0.15) is 6.04 Å². The highest BCUT2D eigenvalue weighted by Gasteiger charge is 2.25. The Morgan fingerprint density at radius 2 is 1.91 bits per heavy atom. The van der Waals surface area contributed by atoms with Crippen LogP contribution in [0.2, 0.25) is 0 Å². The molecular formula is C15H19N3O4. The van der Waals surface area contributed by atoms with Crippen LogP contribution in [0.4, 0.5) is 0 Å². The zero-order valence-corrected chi connectivity index (χ0v) is 12.4. The fraction of sp³-hybridized carbons (Fsp3) is 0.333. The molecular weight excluding hydrogens is 286 g/mol. The standard InChI is InChI=1S/C15H19N3O4/c1-10(19)13(15(21)18-22)17-14(20)12-7-5-11(6-8-12)4-3-9-16-2/h5-8,10,13,16,19,22H,9H2,1-2H3,(H,17,20)(H,18,21)/t10-,13+/m1/s1. The second-order valence-electron chi connectivity index (χ2n) is 4.58. The third-order valence-electron chi connectivity index (χ3n) is 2.81. The fourth-order valence-electron chi connectivity index (χ4n) is 1.64. The highest BCUT2D eigenvalue weighted by atomic mass is 16.5. The molecule has 0 aliphatic heterocycles. The third kappa shape index (κ3) is 5.18. The number of carbonyl (C=O) groups is 2. The Balaban J connectivity index is 2.77. The lowest BCUT2D eigenvalue weighted by Gasteiger charge is -2.19. The predicted octanol–water partition coefficient (Wildman–Crippen LogP) is -0.758. The summed E-state index contributed by atoms with van der Waals surface area (Å²) in [4.78, 5) is 23.4. The third-order valence-corrected chi connectivity index (χ3v) is 2.81. The van der Waals surface area contributed by atoms with Gasteiger partial charge in [-0.1, -0.05) is 11.8 Å². The molecule has 0 saturated carbocycles. The van der Waals surface area contributed by atoms with Crippen molar-refractivity contribution in [1.29, 1.82) is 0 Å². The van der Waals surface area contributed by atoms with E-state index in [0.717, 1.165) is 5.56 Å². The van der Waals surface area contributed by atoms with Gasteiger partial charge in [-0.15, -0.1) is 0 Å². The van der Waals surface area contributed by atoms with Crippen LogP contribution in [-0.2, 0) is 4.79 Å². The number of hydroxylamine groups is 1. The molecule has 0 bridgehead atoms. The molecule has 22 heavy (non-hydrogen) atoms. The number of nitrogens with one attached hydrogen (secondary N) is 3. The van der Waals surface area contributed by atoms with E-state index in [9.17, 15) is 14.7 Å². The maximum atomic E-state index is 12.0. The lowest BCUT2D eigenvalue weighted by atomic mass is 10.1. The van der Waals surface area contributed by atoms with Crippen molar-refractivity contribution in [2.75, 3.05) is 13.6 Å². The van der Waals surface area contributed by atoms with E-state index in [1.165, 1.54) is 12.4 Å². The summed E-state index contributed by atoms with van der Waals surface area (Å²) >= 11 is 0. The summed E-state index contributed by atoms with van der Waals surface area (Å²) in [7, 11) is 1.79. The van der Waals surface area contributed by atoms with E-state index >= 15 is 0 Å². The van der Waals surface area contributed by atoms with Crippen LogP contribution in [0.15, 0.2) is 24.3 Å². The molecule has 1 aromatic rings. The molecule has 118 valence electrons. The summed E-state index contributed by atoms with van der Waals surface area (Å²) in [5.74, 6) is 4.38. The average Bonchev–Trinajstić information content (AvgIpc) is 2.52. The minimum atomic E-state index is -1.24. The second kappa shape index (κ2) is 8.79. The first-order chi connectivity index (χ1) is 10.5. The van der Waals surface area contributed by atoms with Crippen LogP contribution >= 0.6 is 0 Å². The molecule has 0 aliphatic rings. The number of aliphatic hydroxyl groups is 1.